The number of carbonyl (C=O) groups is 1. The van der Waals surface area contributed by atoms with Gasteiger partial charge in [0.1, 0.15) is 0 Å². The van der Waals surface area contributed by atoms with E-state index >= 15 is 0 Å². The van der Waals surface area contributed by atoms with Crippen molar-refractivity contribution in [3.05, 3.63) is 39.3 Å². The molecular weight excluding hydrogens is 355 g/mol. The summed E-state index contributed by atoms with van der Waals surface area (Å²) >= 11 is 1.43. The summed E-state index contributed by atoms with van der Waals surface area (Å²) in [4.78, 5) is 13.3. The molecule has 0 aliphatic carbocycles. The maximum atomic E-state index is 13.3. The van der Waals surface area contributed by atoms with Crippen LogP contribution in [0.25, 0.3) is 0 Å². The third-order valence-corrected chi connectivity index (χ3v) is 4.96. The number of hydrogen-bond donors (Lipinski definition) is 1. The van der Waals surface area contributed by atoms with E-state index in [1.165, 1.54) is 22.9 Å². The predicted octanol–water partition coefficient (Wildman–Crippen LogP) is 3.23. The molecule has 1 fully saturated rings. The third kappa shape index (κ3) is 4.04. The summed E-state index contributed by atoms with van der Waals surface area (Å²) in [7, 11) is 0. The van der Waals surface area contributed by atoms with E-state index in [2.05, 4.69) is 10.4 Å². The number of carbonyl (C=O) groups excluding carboxylic acids is 1. The lowest BCUT2D eigenvalue weighted by atomic mass is 10.1. The fraction of sp³-hybridized carbons (Fsp3) is 0.500. The molecule has 1 atom stereocenters. The van der Waals surface area contributed by atoms with Gasteiger partial charge in [0.05, 0.1) is 18.2 Å². The number of rotatable bonds is 5. The van der Waals surface area contributed by atoms with Gasteiger partial charge in [0.15, 0.2) is 5.69 Å². The Bertz CT molecular complexity index is 735. The quantitative estimate of drug-likeness (QED) is 0.876. The van der Waals surface area contributed by atoms with Gasteiger partial charge in [-0.05, 0) is 31.2 Å². The zero-order valence-electron chi connectivity index (χ0n) is 13.6. The van der Waals surface area contributed by atoms with Crippen molar-refractivity contribution < 1.29 is 22.7 Å². The van der Waals surface area contributed by atoms with Gasteiger partial charge in [-0.25, -0.2) is 0 Å². The summed E-state index contributed by atoms with van der Waals surface area (Å²) in [6.07, 6.45) is -3.14. The van der Waals surface area contributed by atoms with E-state index < -0.39 is 23.3 Å². The zero-order chi connectivity index (χ0) is 18.0. The minimum absolute atomic E-state index is 0.139. The molecule has 25 heavy (non-hydrogen) atoms. The van der Waals surface area contributed by atoms with Gasteiger partial charge in [-0.1, -0.05) is 6.07 Å². The number of hydrogen-bond acceptors (Lipinski definition) is 4. The van der Waals surface area contributed by atoms with Gasteiger partial charge in [-0.15, -0.1) is 11.3 Å². The van der Waals surface area contributed by atoms with Gasteiger partial charge in [-0.3, -0.25) is 9.48 Å². The average Bonchev–Trinajstić information content (AvgIpc) is 3.27. The normalized spacial score (nSPS) is 17.8. The maximum Gasteiger partial charge on any atom is 0.435 e. The standard InChI is InChI=1S/C16H18F3N3O2S/c1-10-13(15(23)20-8-11-4-2-6-24-11)14(16(17,18)19)21-22(10)9-12-5-3-7-25-12/h3,5,7,11H,2,4,6,8-9H2,1H3,(H,20,23). The molecule has 1 aliphatic rings. The van der Waals surface area contributed by atoms with Crippen LogP contribution in [-0.2, 0) is 17.5 Å². The fourth-order valence-corrected chi connectivity index (χ4v) is 3.51. The topological polar surface area (TPSA) is 56.1 Å². The van der Waals surface area contributed by atoms with E-state index in [1.807, 2.05) is 17.5 Å². The Morgan fingerprint density at radius 3 is 2.92 bits per heavy atom. The summed E-state index contributed by atoms with van der Waals surface area (Å²) in [5.74, 6) is -0.766. The smallest absolute Gasteiger partial charge is 0.376 e. The van der Waals surface area contributed by atoms with Crippen LogP contribution in [-0.4, -0.2) is 34.9 Å². The van der Waals surface area contributed by atoms with Crippen LogP contribution in [0.1, 0.15) is 39.5 Å². The molecule has 0 aromatic carbocycles. The Labute approximate surface area is 146 Å². The van der Waals surface area contributed by atoms with Crippen LogP contribution in [0.2, 0.25) is 0 Å². The molecule has 2 aromatic heterocycles. The summed E-state index contributed by atoms with van der Waals surface area (Å²) in [6, 6.07) is 3.63. The Kier molecular flexibility index (Phi) is 5.14. The fourth-order valence-electron chi connectivity index (χ4n) is 2.82. The van der Waals surface area contributed by atoms with Crippen molar-refractivity contribution in [2.24, 2.45) is 0 Å². The van der Waals surface area contributed by atoms with Crippen molar-refractivity contribution in [2.45, 2.75) is 38.6 Å². The highest BCUT2D eigenvalue weighted by Gasteiger charge is 2.40. The van der Waals surface area contributed by atoms with E-state index in [0.29, 0.717) is 6.61 Å². The van der Waals surface area contributed by atoms with Crippen LogP contribution in [0.15, 0.2) is 17.5 Å². The van der Waals surface area contributed by atoms with Crippen LogP contribution in [0, 0.1) is 6.92 Å². The molecule has 3 heterocycles. The highest BCUT2D eigenvalue weighted by atomic mass is 32.1. The third-order valence-electron chi connectivity index (χ3n) is 4.10. The molecule has 2 aromatic rings. The number of ether oxygens (including phenoxy) is 1. The monoisotopic (exact) mass is 373 g/mol. The molecule has 0 spiro atoms. The highest BCUT2D eigenvalue weighted by Crippen LogP contribution is 2.33. The number of thiophene rings is 1. The highest BCUT2D eigenvalue weighted by molar-refractivity contribution is 7.09. The van der Waals surface area contributed by atoms with E-state index in [9.17, 15) is 18.0 Å². The molecule has 1 aliphatic heterocycles. The molecule has 0 saturated carbocycles. The Balaban J connectivity index is 1.84. The Morgan fingerprint density at radius 2 is 2.32 bits per heavy atom. The molecule has 1 amide bonds. The molecule has 1 saturated heterocycles. The minimum atomic E-state index is -4.69. The predicted molar refractivity (Wildman–Crippen MR) is 86.7 cm³/mol. The van der Waals surface area contributed by atoms with E-state index in [-0.39, 0.29) is 24.9 Å². The van der Waals surface area contributed by atoms with Gasteiger partial charge < -0.3 is 10.1 Å². The average molecular weight is 373 g/mol. The van der Waals surface area contributed by atoms with Gasteiger partial charge in [0.25, 0.3) is 5.91 Å². The SMILES string of the molecule is Cc1c(C(=O)NCC2CCCO2)c(C(F)(F)F)nn1Cc1cccs1. The van der Waals surface area contributed by atoms with Crippen molar-refractivity contribution in [3.8, 4) is 0 Å². The number of nitrogens with zero attached hydrogens (tertiary/aromatic N) is 2. The molecule has 0 radical (unpaired) electrons. The Morgan fingerprint density at radius 1 is 1.52 bits per heavy atom. The van der Waals surface area contributed by atoms with Gasteiger partial charge >= 0.3 is 6.18 Å². The van der Waals surface area contributed by atoms with Crippen molar-refractivity contribution in [1.29, 1.82) is 0 Å². The largest absolute Gasteiger partial charge is 0.435 e. The van der Waals surface area contributed by atoms with Gasteiger partial charge in [0, 0.05) is 23.7 Å². The van der Waals surface area contributed by atoms with Crippen LogP contribution in [0.3, 0.4) is 0 Å². The zero-order valence-corrected chi connectivity index (χ0v) is 14.4. The van der Waals surface area contributed by atoms with E-state index in [1.54, 1.807) is 0 Å². The van der Waals surface area contributed by atoms with Crippen molar-refractivity contribution in [2.75, 3.05) is 13.2 Å². The van der Waals surface area contributed by atoms with Gasteiger partial charge in [0.2, 0.25) is 0 Å². The summed E-state index contributed by atoms with van der Waals surface area (Å²) in [6.45, 7) is 2.50. The summed E-state index contributed by atoms with van der Waals surface area (Å²) < 4.78 is 46.7. The lowest BCUT2D eigenvalue weighted by Crippen LogP contribution is -2.33. The Hall–Kier alpha value is -1.87. The van der Waals surface area contributed by atoms with Crippen molar-refractivity contribution in [3.63, 3.8) is 0 Å². The molecule has 3 rings (SSSR count). The first-order valence-electron chi connectivity index (χ1n) is 7.93. The number of aromatic nitrogens is 2. The number of alkyl halides is 3. The summed E-state index contributed by atoms with van der Waals surface area (Å²) in [5.41, 5.74) is -1.36. The first-order chi connectivity index (χ1) is 11.9. The van der Waals surface area contributed by atoms with Crippen LogP contribution >= 0.6 is 11.3 Å². The number of nitrogens with one attached hydrogen (secondary N) is 1. The maximum absolute atomic E-state index is 13.3. The second kappa shape index (κ2) is 7.17. The van der Waals surface area contributed by atoms with Crippen LogP contribution < -0.4 is 5.32 Å². The minimum Gasteiger partial charge on any atom is -0.376 e. The summed E-state index contributed by atoms with van der Waals surface area (Å²) in [5, 5.41) is 8.06. The van der Waals surface area contributed by atoms with Crippen molar-refractivity contribution >= 4 is 17.2 Å². The van der Waals surface area contributed by atoms with Crippen LogP contribution in [0.4, 0.5) is 13.2 Å². The van der Waals surface area contributed by atoms with E-state index in [0.717, 1.165) is 17.7 Å². The molecule has 136 valence electrons. The molecule has 0 bridgehead atoms. The molecular formula is C16H18F3N3O2S. The molecule has 5 nitrogen and oxygen atoms in total. The second-order valence-electron chi connectivity index (χ2n) is 5.89. The van der Waals surface area contributed by atoms with E-state index in [4.69, 9.17) is 4.74 Å². The molecule has 9 heteroatoms. The second-order valence-corrected chi connectivity index (χ2v) is 6.92. The number of amides is 1. The first kappa shape index (κ1) is 17.9. The molecule has 1 unspecified atom stereocenters. The lowest BCUT2D eigenvalue weighted by Gasteiger charge is -2.12. The van der Waals surface area contributed by atoms with Crippen LogP contribution in [0.5, 0.6) is 0 Å². The van der Waals surface area contributed by atoms with Crippen molar-refractivity contribution in [1.82, 2.24) is 15.1 Å². The number of halogens is 3. The molecule has 1 N–H and O–H groups in total. The van der Waals surface area contributed by atoms with Gasteiger partial charge in [-0.2, -0.15) is 18.3 Å². The lowest BCUT2D eigenvalue weighted by molar-refractivity contribution is -0.141. The first-order valence-corrected chi connectivity index (χ1v) is 8.81.